The summed E-state index contributed by atoms with van der Waals surface area (Å²) in [6.45, 7) is 1.51. The lowest BCUT2D eigenvalue weighted by molar-refractivity contribution is -0.143. The molecule has 35 heavy (non-hydrogen) atoms. The van der Waals surface area contributed by atoms with E-state index in [-0.39, 0.29) is 41.8 Å². The lowest BCUT2D eigenvalue weighted by atomic mass is 10.1. The number of nitrogens with one attached hydrogen (secondary N) is 2. The van der Waals surface area contributed by atoms with Crippen molar-refractivity contribution >= 4 is 51.8 Å². The molecule has 1 saturated heterocycles. The molecule has 3 amide bonds. The van der Waals surface area contributed by atoms with Gasteiger partial charge in [0.15, 0.2) is 29.0 Å². The number of alkyl halides is 1. The molecule has 0 radical (unpaired) electrons. The number of rotatable bonds is 10. The number of ether oxygens (including phenoxy) is 1. The van der Waals surface area contributed by atoms with Gasteiger partial charge in [-0.3, -0.25) is 19.7 Å². The summed E-state index contributed by atoms with van der Waals surface area (Å²) in [5, 5.41) is 21.3. The third-order valence-electron chi connectivity index (χ3n) is 4.67. The highest BCUT2D eigenvalue weighted by molar-refractivity contribution is 7.14. The van der Waals surface area contributed by atoms with Gasteiger partial charge in [-0.1, -0.05) is 17.8 Å². The fraction of sp³-hybridized carbons (Fsp3) is 0.316. The van der Waals surface area contributed by atoms with Crippen LogP contribution in [-0.2, 0) is 28.8 Å². The predicted molar refractivity (Wildman–Crippen MR) is 117 cm³/mol. The molecule has 0 aliphatic carbocycles. The van der Waals surface area contributed by atoms with Gasteiger partial charge in [0.2, 0.25) is 0 Å². The summed E-state index contributed by atoms with van der Waals surface area (Å²) in [6.07, 6.45) is 0.584. The number of hydrogen-bond donors (Lipinski definition) is 3. The van der Waals surface area contributed by atoms with E-state index in [2.05, 4.69) is 27.4 Å². The summed E-state index contributed by atoms with van der Waals surface area (Å²) >= 11 is 0.966. The molecule has 3 rings (SSSR count). The number of carboxylic acid groups (broad SMARTS) is 1. The maximum absolute atomic E-state index is 12.9. The molecule has 14 nitrogen and oxygen atoms in total. The number of thiazole rings is 1. The van der Waals surface area contributed by atoms with Gasteiger partial charge < -0.3 is 20.0 Å². The molecule has 1 fully saturated rings. The molecule has 1 aromatic heterocycles. The first kappa shape index (κ1) is 25.4. The second kappa shape index (κ2) is 10.8. The average molecular weight is 510 g/mol. The first-order valence-electron chi connectivity index (χ1n) is 9.78. The topological polar surface area (TPSA) is 180 Å². The molecule has 16 heteroatoms. The number of aliphatic carboxylic acids is 1. The van der Waals surface area contributed by atoms with Crippen molar-refractivity contribution in [1.82, 2.24) is 20.3 Å². The minimum absolute atomic E-state index is 0.0153. The molecule has 3 N–H and O–H groups in total. The van der Waals surface area contributed by atoms with Crippen molar-refractivity contribution < 1.29 is 43.0 Å². The third kappa shape index (κ3) is 5.33. The highest BCUT2D eigenvalue weighted by atomic mass is 32.1. The Morgan fingerprint density at radius 3 is 2.80 bits per heavy atom. The summed E-state index contributed by atoms with van der Waals surface area (Å²) in [5.41, 5.74) is -1.30. The van der Waals surface area contributed by atoms with Crippen molar-refractivity contribution in [2.45, 2.75) is 6.04 Å². The van der Waals surface area contributed by atoms with Crippen LogP contribution in [0.5, 0.6) is 0 Å². The minimum Gasteiger partial charge on any atom is -0.477 e. The lowest BCUT2D eigenvalue weighted by Gasteiger charge is -2.19. The van der Waals surface area contributed by atoms with E-state index in [0.29, 0.717) is 0 Å². The molecule has 2 aliphatic rings. The number of hydrogen-bond acceptors (Lipinski definition) is 11. The zero-order chi connectivity index (χ0) is 25.7. The van der Waals surface area contributed by atoms with Crippen molar-refractivity contribution in [3.8, 4) is 0 Å². The van der Waals surface area contributed by atoms with Crippen LogP contribution in [0.25, 0.3) is 0 Å². The summed E-state index contributed by atoms with van der Waals surface area (Å²) in [4.78, 5) is 69.5. The first-order valence-corrected chi connectivity index (χ1v) is 10.7. The van der Waals surface area contributed by atoms with E-state index in [0.717, 1.165) is 16.3 Å². The van der Waals surface area contributed by atoms with E-state index < -0.39 is 48.1 Å². The van der Waals surface area contributed by atoms with Crippen LogP contribution in [-0.4, -0.2) is 95.0 Å². The van der Waals surface area contributed by atoms with E-state index in [1.807, 2.05) is 0 Å². The van der Waals surface area contributed by atoms with Crippen LogP contribution in [0.3, 0.4) is 0 Å². The number of ketones is 1. The smallest absolute Gasteiger partial charge is 0.413 e. The Bertz CT molecular complexity index is 1150. The van der Waals surface area contributed by atoms with Crippen molar-refractivity contribution in [3.05, 3.63) is 35.0 Å². The quantitative estimate of drug-likeness (QED) is 0.214. The van der Waals surface area contributed by atoms with Gasteiger partial charge in [-0.05, 0) is 0 Å². The molecule has 0 spiro atoms. The Morgan fingerprint density at radius 2 is 2.17 bits per heavy atom. The summed E-state index contributed by atoms with van der Waals surface area (Å²) < 4.78 is 17.6. The average Bonchev–Trinajstić information content (AvgIpc) is 3.51. The van der Waals surface area contributed by atoms with Crippen LogP contribution < -0.4 is 10.6 Å². The van der Waals surface area contributed by atoms with Gasteiger partial charge in [0.1, 0.15) is 25.5 Å². The van der Waals surface area contributed by atoms with Crippen LogP contribution in [0.1, 0.15) is 5.69 Å². The van der Waals surface area contributed by atoms with Crippen molar-refractivity contribution in [2.75, 3.05) is 38.8 Å². The van der Waals surface area contributed by atoms with Gasteiger partial charge in [-0.15, -0.1) is 11.3 Å². The molecule has 0 unspecified atom stereocenters. The van der Waals surface area contributed by atoms with Gasteiger partial charge in [0.25, 0.3) is 11.8 Å². The predicted octanol–water partition coefficient (Wildman–Crippen LogP) is -0.337. The number of oxime groups is 1. The normalized spacial score (nSPS) is 17.8. The lowest BCUT2D eigenvalue weighted by Crippen LogP contribution is -2.46. The monoisotopic (exact) mass is 510 g/mol. The molecule has 0 saturated carbocycles. The Labute approximate surface area is 200 Å². The number of fused-ring (bicyclic) bond motifs is 1. The molecule has 2 aliphatic heterocycles. The van der Waals surface area contributed by atoms with E-state index in [1.54, 1.807) is 0 Å². The van der Waals surface area contributed by atoms with Crippen LogP contribution in [0.4, 0.5) is 14.3 Å². The second-order valence-corrected chi connectivity index (χ2v) is 7.74. The molecular formula is C19H19FN6O8S. The number of amides is 3. The second-order valence-electron chi connectivity index (χ2n) is 6.88. The van der Waals surface area contributed by atoms with Gasteiger partial charge in [-0.2, -0.15) is 0 Å². The van der Waals surface area contributed by atoms with Crippen molar-refractivity contribution in [3.63, 3.8) is 0 Å². The molecule has 1 aromatic rings. The minimum atomic E-state index is -1.58. The molecular weight excluding hydrogens is 491 g/mol. The molecule has 0 aromatic carbocycles. The Morgan fingerprint density at radius 1 is 1.43 bits per heavy atom. The number of carbonyl (C=O) groups excluding carboxylic acids is 4. The number of Topliss-reactive ketones (excluding diaryl/α,β-unsaturated/α-hetero) is 1. The maximum Gasteiger partial charge on any atom is 0.413 e. The fourth-order valence-electron chi connectivity index (χ4n) is 3.28. The standard InChI is InChI=1S/C19H19FN6O8S/c1-3-4-34-19(32)23-18-22-11(8-35-18)13(24-33-2)15(28)21-10-7-25-6-9(12(27)5-20)14(17(30)31)26(25)16(10)29/h3,8,10H,1,4-7H2,2H3,(H,21,28)(H,30,31)(H,22,23,32)/t10-/m1/s1. The summed E-state index contributed by atoms with van der Waals surface area (Å²) in [7, 11) is 1.18. The zero-order valence-electron chi connectivity index (χ0n) is 18.1. The highest BCUT2D eigenvalue weighted by Gasteiger charge is 2.49. The zero-order valence-corrected chi connectivity index (χ0v) is 19.0. The van der Waals surface area contributed by atoms with Crippen LogP contribution in [0, 0.1) is 0 Å². The van der Waals surface area contributed by atoms with Crippen LogP contribution in [0.2, 0.25) is 0 Å². The number of anilines is 1. The van der Waals surface area contributed by atoms with E-state index in [9.17, 15) is 33.5 Å². The molecule has 1 atom stereocenters. The van der Waals surface area contributed by atoms with Crippen molar-refractivity contribution in [2.24, 2.45) is 5.16 Å². The summed E-state index contributed by atoms with van der Waals surface area (Å²) in [5.74, 6) is -4.33. The number of aromatic nitrogens is 1. The van der Waals surface area contributed by atoms with Gasteiger partial charge in [-0.25, -0.2) is 29.0 Å². The first-order chi connectivity index (χ1) is 16.7. The van der Waals surface area contributed by atoms with E-state index >= 15 is 0 Å². The number of nitrogens with zero attached hydrogens (tertiary/aromatic N) is 4. The molecule has 186 valence electrons. The molecule has 3 heterocycles. The Balaban J connectivity index is 1.74. The Kier molecular flexibility index (Phi) is 7.87. The Hall–Kier alpha value is -4.18. The number of carboxylic acids is 1. The number of carbonyl (C=O) groups is 5. The van der Waals surface area contributed by atoms with Gasteiger partial charge in [0, 0.05) is 24.0 Å². The fourth-order valence-corrected chi connectivity index (χ4v) is 3.96. The number of halogens is 1. The van der Waals surface area contributed by atoms with Gasteiger partial charge in [0.05, 0.1) is 0 Å². The van der Waals surface area contributed by atoms with Crippen molar-refractivity contribution in [1.29, 1.82) is 0 Å². The summed E-state index contributed by atoms with van der Waals surface area (Å²) in [6, 6.07) is -1.20. The molecule has 0 bridgehead atoms. The van der Waals surface area contributed by atoms with E-state index in [4.69, 9.17) is 9.57 Å². The SMILES string of the molecule is C=CCOC(=O)Nc1nc(C(=NOC)C(=O)N[C@@H]2CN3CC(C(=O)CF)=C(C(=O)O)N3C2=O)cs1. The maximum atomic E-state index is 12.9. The third-order valence-corrected chi connectivity index (χ3v) is 5.43. The highest BCUT2D eigenvalue weighted by Crippen LogP contribution is 2.30. The van der Waals surface area contributed by atoms with E-state index in [1.165, 1.54) is 23.6 Å². The van der Waals surface area contributed by atoms with Gasteiger partial charge >= 0.3 is 12.1 Å². The number of hydrazine groups is 1. The van der Waals surface area contributed by atoms with Crippen LogP contribution >= 0.6 is 11.3 Å². The van der Waals surface area contributed by atoms with Crippen LogP contribution in [0.15, 0.2) is 34.5 Å². The largest absolute Gasteiger partial charge is 0.477 e.